The lowest BCUT2D eigenvalue weighted by Crippen LogP contribution is -1.72. The van der Waals surface area contributed by atoms with Crippen LogP contribution in [0.25, 0.3) is 0 Å². The highest BCUT2D eigenvalue weighted by molar-refractivity contribution is 3.63. The average Bonchev–Trinajstić information content (AvgIpc) is 1.50. The summed E-state index contributed by atoms with van der Waals surface area (Å²) in [5.41, 5.74) is 4.50. The molecule has 0 amide bonds. The lowest BCUT2D eigenvalue weighted by Gasteiger charge is -1.27. The Kier molecular flexibility index (Phi) is 61.1. The third-order valence-corrected chi connectivity index (χ3v) is 0. The molecule has 0 aromatic heterocycles. The fraction of sp³-hybridized carbons (Fsp3) is 0. The van der Waals surface area contributed by atoms with E-state index in [0.29, 0.717) is 0 Å². The van der Waals surface area contributed by atoms with Crippen molar-refractivity contribution < 1.29 is 5.21 Å². The van der Waals surface area contributed by atoms with Gasteiger partial charge in [0, 0.05) is 0 Å². The summed E-state index contributed by atoms with van der Waals surface area (Å²) in [4.78, 5) is 7.50. The molecule has 0 radical (unpaired) electrons. The van der Waals surface area contributed by atoms with Crippen LogP contribution in [0.1, 0.15) is 0 Å². The minimum atomic E-state index is 3.50. The van der Waals surface area contributed by atoms with Gasteiger partial charge in [-0.15, -0.1) is 0 Å². The van der Waals surface area contributed by atoms with Crippen LogP contribution in [0.2, 0.25) is 0 Å². The highest BCUT2D eigenvalue weighted by Crippen LogP contribution is 0.766. The van der Waals surface area contributed by atoms with Crippen molar-refractivity contribution in [3.05, 3.63) is 4.91 Å². The fourth-order valence-corrected chi connectivity index (χ4v) is 0. The van der Waals surface area contributed by atoms with Crippen molar-refractivity contribution in [1.29, 1.82) is 5.59 Å². The number of hydrogen-bond donors (Lipinski definition) is 3. The van der Waals surface area contributed by atoms with Crippen LogP contribution in [0.15, 0.2) is 0 Å². The summed E-state index contributed by atoms with van der Waals surface area (Å²) in [6, 6.07) is 0. The van der Waals surface area contributed by atoms with Gasteiger partial charge in [-0.1, -0.05) is 5.59 Å². The molecule has 0 saturated heterocycles. The van der Waals surface area contributed by atoms with Gasteiger partial charge in [-0.05, 0) is 0 Å². The van der Waals surface area contributed by atoms with E-state index >= 15 is 0 Å². The molecule has 4 heteroatoms. The first-order chi connectivity index (χ1) is 2.00. The highest BCUT2D eigenvalue weighted by Gasteiger charge is 0.732. The zero-order valence-electron chi connectivity index (χ0n) is 1.93. The Morgan fingerprint density at radius 2 is 1.50 bits per heavy atom. The molecular formula is H4N2O2. The van der Waals surface area contributed by atoms with Crippen LogP contribution in [-0.2, 0) is 0 Å². The minimum absolute atomic E-state index is 3.50. The molecule has 0 aliphatic heterocycles. The molecule has 4 nitrogen and oxygen atoms in total. The minimum Gasteiger partial charge on any atom is -0.320 e. The molecule has 26 valence electrons. The molecule has 0 aliphatic rings. The second-order valence-corrected chi connectivity index (χ2v) is 0. The third kappa shape index (κ3) is 1.78. The molecule has 0 rings (SSSR count). The monoisotopic (exact) mass is 64.0 g/mol. The molecule has 0 aromatic carbocycles. The van der Waals surface area contributed by atoms with E-state index < -0.39 is 0 Å². The van der Waals surface area contributed by atoms with Crippen LogP contribution in [-0.4, -0.2) is 5.21 Å². The second kappa shape index (κ2) is 25.3. The van der Waals surface area contributed by atoms with Crippen LogP contribution in [0.5, 0.6) is 0 Å². The molecule has 0 fully saturated rings. The van der Waals surface area contributed by atoms with Crippen molar-refractivity contribution in [1.82, 2.24) is 0 Å². The Bertz CT molecular complexity index is 4.00. The number of hydrogen-bond acceptors (Lipinski definition) is 4. The smallest absolute Gasteiger partial charge is 0.0850 e. The van der Waals surface area contributed by atoms with Crippen molar-refractivity contribution in [2.75, 3.05) is 0 Å². The summed E-state index contributed by atoms with van der Waals surface area (Å²) in [7, 11) is 0. The van der Waals surface area contributed by atoms with Gasteiger partial charge in [-0.3, -0.25) is 0 Å². The maximum atomic E-state index is 7.50. The van der Waals surface area contributed by atoms with E-state index in [-0.39, 0.29) is 0 Å². The zero-order chi connectivity index (χ0) is 4.00. The first-order valence-corrected chi connectivity index (χ1v) is 0.462. The lowest BCUT2D eigenvalue weighted by molar-refractivity contribution is 0.311. The molecule has 0 aliphatic carbocycles. The summed E-state index contributed by atoms with van der Waals surface area (Å²) < 4.78 is 0. The zero-order valence-corrected chi connectivity index (χ0v) is 1.93. The first kappa shape index (κ1) is 9.68. The van der Waals surface area contributed by atoms with Gasteiger partial charge in [0.1, 0.15) is 0 Å². The molecule has 0 atom stereocenters. The molecule has 0 spiro atoms. The van der Waals surface area contributed by atoms with Crippen LogP contribution < -0.4 is 5.90 Å². The van der Waals surface area contributed by atoms with E-state index in [9.17, 15) is 0 Å². The lowest BCUT2D eigenvalue weighted by atomic mass is 13.6. The van der Waals surface area contributed by atoms with Gasteiger partial charge in [0.05, 0.1) is 0 Å². The van der Waals surface area contributed by atoms with Crippen molar-refractivity contribution in [3.63, 3.8) is 0 Å². The van der Waals surface area contributed by atoms with Crippen molar-refractivity contribution >= 4 is 0 Å². The van der Waals surface area contributed by atoms with E-state index in [2.05, 4.69) is 11.5 Å². The summed E-state index contributed by atoms with van der Waals surface area (Å²) in [5.74, 6) is 3.50. The number of nitrogens with one attached hydrogen (secondary N) is 1. The van der Waals surface area contributed by atoms with Crippen LogP contribution >= 0.6 is 0 Å². The molecule has 0 heterocycles. The molecule has 4 N–H and O–H groups in total. The Morgan fingerprint density at radius 3 is 1.50 bits per heavy atom. The van der Waals surface area contributed by atoms with Gasteiger partial charge < -0.3 is 5.21 Å². The maximum absolute atomic E-state index is 7.50. The van der Waals surface area contributed by atoms with Gasteiger partial charge in [0.25, 0.3) is 0 Å². The maximum Gasteiger partial charge on any atom is -0.0850 e. The van der Waals surface area contributed by atoms with E-state index in [1.54, 1.807) is 0 Å². The summed E-state index contributed by atoms with van der Waals surface area (Å²) >= 11 is 0. The van der Waals surface area contributed by atoms with Crippen LogP contribution in [0, 0.1) is 10.5 Å². The normalized spacial score (nSPS) is 2.50. The highest BCUT2D eigenvalue weighted by atomic mass is 16.4. The molecule has 4 heavy (non-hydrogen) atoms. The molecule has 0 aromatic rings. The fourth-order valence-electron chi connectivity index (χ4n) is 0. The van der Waals surface area contributed by atoms with E-state index in [1.165, 1.54) is 0 Å². The number of nitrogens with two attached hydrogens (primary N) is 1. The van der Waals surface area contributed by atoms with Crippen molar-refractivity contribution in [2.24, 2.45) is 5.90 Å². The van der Waals surface area contributed by atoms with E-state index in [4.69, 9.17) is 10.1 Å². The number of nitroso groups, excluding NO2 is 1. The standard InChI is InChI=1S/H3NO.HNO/c2*1-2/h2H,1H2;1H. The van der Waals surface area contributed by atoms with E-state index in [1.807, 2.05) is 0 Å². The summed E-state index contributed by atoms with van der Waals surface area (Å²) in [6.07, 6.45) is 0. The Morgan fingerprint density at radius 1 is 1.50 bits per heavy atom. The predicted octanol–water partition coefficient (Wildman–Crippen LogP) is -0.334. The summed E-state index contributed by atoms with van der Waals surface area (Å²) in [5, 5.41) is 6.50. The summed E-state index contributed by atoms with van der Waals surface area (Å²) in [6.45, 7) is 0. The van der Waals surface area contributed by atoms with Crippen LogP contribution in [0.4, 0.5) is 0 Å². The van der Waals surface area contributed by atoms with Gasteiger partial charge in [-0.2, -0.15) is 4.91 Å². The Labute approximate surface area is 23.0 Å². The van der Waals surface area contributed by atoms with E-state index in [0.717, 1.165) is 0 Å². The average molecular weight is 64.0 g/mol. The largest absolute Gasteiger partial charge is 0.320 e. The topological polar surface area (TPSA) is 87.2 Å². The SMILES string of the molecule is N=O.NO. The predicted molar refractivity (Wildman–Crippen MR) is 12.1 cm³/mol. The first-order valence-electron chi connectivity index (χ1n) is 0.462. The second-order valence-electron chi connectivity index (χ2n) is 0. The van der Waals surface area contributed by atoms with Gasteiger partial charge >= 0.3 is 0 Å². The molecule has 0 bridgehead atoms. The van der Waals surface area contributed by atoms with Crippen molar-refractivity contribution in [3.8, 4) is 0 Å². The molecule has 0 saturated carbocycles. The quantitative estimate of drug-likeness (QED) is 0.266. The molecule has 0 unspecified atom stereocenters. The van der Waals surface area contributed by atoms with Gasteiger partial charge in [-0.25, -0.2) is 5.90 Å². The molecular weight excluding hydrogens is 60.0 g/mol. The van der Waals surface area contributed by atoms with Crippen LogP contribution in [0.3, 0.4) is 0 Å². The van der Waals surface area contributed by atoms with Gasteiger partial charge in [0.15, 0.2) is 0 Å². The van der Waals surface area contributed by atoms with Gasteiger partial charge in [0.2, 0.25) is 0 Å². The number of rotatable bonds is 0. The third-order valence-electron chi connectivity index (χ3n) is 0. The van der Waals surface area contributed by atoms with Crippen molar-refractivity contribution in [2.45, 2.75) is 0 Å². The Hall–Kier alpha value is -0.480. The Balaban J connectivity index is 0.